The number of nitrogens with one attached hydrogen (secondary N) is 1. The molecule has 1 aromatic carbocycles. The molecule has 178 valence electrons. The second kappa shape index (κ2) is 8.58. The van der Waals surface area contributed by atoms with Gasteiger partial charge in [-0.25, -0.2) is 9.50 Å². The minimum atomic E-state index is -0.700. The number of carbonyl (C=O) groups is 2. The Morgan fingerprint density at radius 2 is 2.06 bits per heavy atom. The van der Waals surface area contributed by atoms with Crippen molar-refractivity contribution in [1.82, 2.24) is 19.5 Å². The number of hydrogen-bond acceptors (Lipinski definition) is 8. The van der Waals surface area contributed by atoms with Gasteiger partial charge in [-0.3, -0.25) is 14.5 Å². The smallest absolute Gasteiger partial charge is 0.261 e. The lowest BCUT2D eigenvalue weighted by Crippen LogP contribution is -2.49. The molecule has 1 fully saturated rings. The average Bonchev–Trinajstić information content (AvgIpc) is 3.39. The van der Waals surface area contributed by atoms with E-state index < -0.39 is 5.60 Å². The molecule has 0 saturated carbocycles. The first kappa shape index (κ1) is 22.1. The summed E-state index contributed by atoms with van der Waals surface area (Å²) in [6.07, 6.45) is 5.39. The van der Waals surface area contributed by atoms with Crippen LogP contribution in [0.2, 0.25) is 0 Å². The van der Waals surface area contributed by atoms with Gasteiger partial charge >= 0.3 is 0 Å². The Morgan fingerprint density at radius 1 is 1.26 bits per heavy atom. The van der Waals surface area contributed by atoms with Crippen LogP contribution < -0.4 is 20.7 Å². The summed E-state index contributed by atoms with van der Waals surface area (Å²) >= 11 is 0. The summed E-state index contributed by atoms with van der Waals surface area (Å²) in [5.74, 6) is 0.0329. The Bertz CT molecular complexity index is 1250. The van der Waals surface area contributed by atoms with Crippen molar-refractivity contribution in [3.63, 3.8) is 0 Å². The van der Waals surface area contributed by atoms with Crippen molar-refractivity contribution in [3.8, 4) is 5.75 Å². The molecule has 1 atom stereocenters. The maximum absolute atomic E-state index is 13.2. The van der Waals surface area contributed by atoms with Crippen molar-refractivity contribution in [2.24, 2.45) is 5.73 Å². The van der Waals surface area contributed by atoms with E-state index in [0.29, 0.717) is 55.2 Å². The first-order chi connectivity index (χ1) is 16.3. The first-order valence-electron chi connectivity index (χ1n) is 11.2. The Kier molecular flexibility index (Phi) is 5.58. The minimum Gasteiger partial charge on any atom is -0.484 e. The molecule has 0 radical (unpaired) electrons. The maximum atomic E-state index is 13.2. The van der Waals surface area contributed by atoms with Crippen LogP contribution in [0.1, 0.15) is 22.8 Å². The predicted molar refractivity (Wildman–Crippen MR) is 125 cm³/mol. The molecular formula is C23H27N7O4. The molecule has 11 heteroatoms. The van der Waals surface area contributed by atoms with Crippen LogP contribution in [0, 0.1) is 0 Å². The van der Waals surface area contributed by atoms with Gasteiger partial charge in [-0.05, 0) is 19.1 Å². The van der Waals surface area contributed by atoms with E-state index in [4.69, 9.17) is 10.5 Å². The van der Waals surface area contributed by atoms with E-state index >= 15 is 0 Å². The molecule has 3 aromatic rings. The van der Waals surface area contributed by atoms with Gasteiger partial charge in [0, 0.05) is 56.6 Å². The zero-order valence-corrected chi connectivity index (χ0v) is 18.9. The monoisotopic (exact) mass is 465 g/mol. The van der Waals surface area contributed by atoms with Crippen LogP contribution in [0.4, 0.5) is 11.4 Å². The number of fused-ring (bicyclic) bond motifs is 2. The van der Waals surface area contributed by atoms with E-state index in [0.717, 1.165) is 11.3 Å². The summed E-state index contributed by atoms with van der Waals surface area (Å²) in [6, 6.07) is 5.58. The zero-order chi connectivity index (χ0) is 23.9. The number of aliphatic hydroxyl groups excluding tert-OH is 1. The van der Waals surface area contributed by atoms with E-state index in [9.17, 15) is 14.7 Å². The summed E-state index contributed by atoms with van der Waals surface area (Å²) < 4.78 is 7.61. The number of piperazine rings is 1. The van der Waals surface area contributed by atoms with Crippen LogP contribution >= 0.6 is 0 Å². The van der Waals surface area contributed by atoms with Gasteiger partial charge in [0.05, 0.1) is 30.7 Å². The third-order valence-corrected chi connectivity index (χ3v) is 6.30. The molecule has 34 heavy (non-hydrogen) atoms. The summed E-state index contributed by atoms with van der Waals surface area (Å²) in [6.45, 7) is 4.62. The minimum absolute atomic E-state index is 0.113. The molecule has 4 N–H and O–H groups in total. The van der Waals surface area contributed by atoms with Crippen LogP contribution in [0.5, 0.6) is 5.75 Å². The Balaban J connectivity index is 1.45. The summed E-state index contributed by atoms with van der Waals surface area (Å²) in [7, 11) is 0. The highest BCUT2D eigenvalue weighted by atomic mass is 16.5. The van der Waals surface area contributed by atoms with E-state index in [2.05, 4.69) is 20.3 Å². The lowest BCUT2D eigenvalue weighted by atomic mass is 9.99. The molecule has 2 aliphatic rings. The first-order valence-corrected chi connectivity index (χ1v) is 11.2. The normalized spacial score (nSPS) is 20.2. The molecule has 5 rings (SSSR count). The molecule has 0 aliphatic carbocycles. The molecule has 0 bridgehead atoms. The molecule has 2 amide bonds. The Labute approximate surface area is 196 Å². The standard InChI is InChI=1S/C23H27N7O4/c1-23(14-31)11-15-9-17(27-22(33)16-12-26-30-4-2-3-25-21(16)30)18(10-19(15)34-23)29-7-5-28(6-8-29)13-20(24)32/h2-4,9-10,12,31H,5-8,11,13-14H2,1H3,(H2,24,32)(H,27,33)/t23-/m0/s1. The molecule has 11 nitrogen and oxygen atoms in total. The number of anilines is 2. The van der Waals surface area contributed by atoms with Gasteiger partial charge in [0.25, 0.3) is 5.91 Å². The fraction of sp³-hybridized carbons (Fsp3) is 0.391. The molecule has 2 aliphatic heterocycles. The zero-order valence-electron chi connectivity index (χ0n) is 18.9. The third kappa shape index (κ3) is 4.15. The molecular weight excluding hydrogens is 438 g/mol. The molecule has 1 saturated heterocycles. The van der Waals surface area contributed by atoms with Gasteiger partial charge in [-0.1, -0.05) is 0 Å². The second-order valence-corrected chi connectivity index (χ2v) is 8.99. The largest absolute Gasteiger partial charge is 0.484 e. The SMILES string of the molecule is C[C@@]1(CO)Cc2cc(NC(=O)c3cnn4cccnc34)c(N3CCN(CC(N)=O)CC3)cc2O1. The van der Waals surface area contributed by atoms with Gasteiger partial charge in [0.1, 0.15) is 16.9 Å². The Hall–Kier alpha value is -3.70. The fourth-order valence-electron chi connectivity index (χ4n) is 4.55. The van der Waals surface area contributed by atoms with Crippen molar-refractivity contribution in [3.05, 3.63) is 47.9 Å². The van der Waals surface area contributed by atoms with Crippen LogP contribution in [0.3, 0.4) is 0 Å². The van der Waals surface area contributed by atoms with E-state index in [1.165, 1.54) is 6.20 Å². The van der Waals surface area contributed by atoms with Crippen LogP contribution in [-0.2, 0) is 11.2 Å². The van der Waals surface area contributed by atoms with Gasteiger partial charge in [-0.2, -0.15) is 5.10 Å². The number of primary amides is 1. The number of amides is 2. The van der Waals surface area contributed by atoms with Crippen molar-refractivity contribution >= 4 is 28.8 Å². The van der Waals surface area contributed by atoms with Crippen LogP contribution in [-0.4, -0.2) is 81.4 Å². The van der Waals surface area contributed by atoms with Crippen molar-refractivity contribution in [2.45, 2.75) is 18.9 Å². The van der Waals surface area contributed by atoms with Gasteiger partial charge in [0.2, 0.25) is 5.91 Å². The van der Waals surface area contributed by atoms with Crippen molar-refractivity contribution in [2.75, 3.05) is 49.5 Å². The van der Waals surface area contributed by atoms with Gasteiger partial charge in [-0.15, -0.1) is 0 Å². The topological polar surface area (TPSA) is 138 Å². The molecule has 2 aromatic heterocycles. The second-order valence-electron chi connectivity index (χ2n) is 8.99. The van der Waals surface area contributed by atoms with Crippen molar-refractivity contribution in [1.29, 1.82) is 0 Å². The lowest BCUT2D eigenvalue weighted by Gasteiger charge is -2.36. The number of carbonyl (C=O) groups excluding carboxylic acids is 2. The highest BCUT2D eigenvalue weighted by Crippen LogP contribution is 2.42. The number of nitrogens with two attached hydrogens (primary N) is 1. The number of benzene rings is 1. The molecule has 0 unspecified atom stereocenters. The number of nitrogens with zero attached hydrogens (tertiary/aromatic N) is 5. The molecule has 4 heterocycles. The molecule has 0 spiro atoms. The lowest BCUT2D eigenvalue weighted by molar-refractivity contribution is -0.119. The van der Waals surface area contributed by atoms with E-state index in [1.807, 2.05) is 24.0 Å². The van der Waals surface area contributed by atoms with Gasteiger partial charge < -0.3 is 25.8 Å². The number of aromatic nitrogens is 3. The summed E-state index contributed by atoms with van der Waals surface area (Å²) in [5.41, 5.74) is 7.87. The van der Waals surface area contributed by atoms with Crippen molar-refractivity contribution < 1.29 is 19.4 Å². The average molecular weight is 466 g/mol. The Morgan fingerprint density at radius 3 is 2.79 bits per heavy atom. The maximum Gasteiger partial charge on any atom is 0.261 e. The van der Waals surface area contributed by atoms with E-state index in [1.54, 1.807) is 23.0 Å². The number of hydrogen-bond donors (Lipinski definition) is 3. The fourth-order valence-corrected chi connectivity index (χ4v) is 4.55. The highest BCUT2D eigenvalue weighted by Gasteiger charge is 2.36. The van der Waals surface area contributed by atoms with Crippen LogP contribution in [0.25, 0.3) is 5.65 Å². The predicted octanol–water partition coefficient (Wildman–Crippen LogP) is 0.275. The third-order valence-electron chi connectivity index (χ3n) is 6.30. The van der Waals surface area contributed by atoms with Gasteiger partial charge in [0.15, 0.2) is 5.65 Å². The van der Waals surface area contributed by atoms with Crippen LogP contribution in [0.15, 0.2) is 36.8 Å². The summed E-state index contributed by atoms with van der Waals surface area (Å²) in [4.78, 5) is 33.0. The highest BCUT2D eigenvalue weighted by molar-refractivity contribution is 6.09. The number of rotatable bonds is 6. The number of ether oxygens (including phenoxy) is 1. The quantitative estimate of drug-likeness (QED) is 0.472. The summed E-state index contributed by atoms with van der Waals surface area (Å²) in [5, 5.41) is 17.0. The van der Waals surface area contributed by atoms with E-state index in [-0.39, 0.29) is 25.0 Å². The number of aliphatic hydroxyl groups is 1.